The van der Waals surface area contributed by atoms with Crippen LogP contribution in [-0.4, -0.2) is 24.7 Å². The van der Waals surface area contributed by atoms with Crippen LogP contribution in [0.2, 0.25) is 0 Å². The predicted octanol–water partition coefficient (Wildman–Crippen LogP) is 2.17. The van der Waals surface area contributed by atoms with E-state index in [1.54, 1.807) is 6.07 Å². The maximum Gasteiger partial charge on any atom is 0.303 e. The van der Waals surface area contributed by atoms with Crippen LogP contribution in [0.15, 0.2) is 18.2 Å². The maximum absolute atomic E-state index is 10.4. The van der Waals surface area contributed by atoms with Crippen LogP contribution in [0.4, 0.5) is 5.69 Å². The van der Waals surface area contributed by atoms with E-state index in [1.165, 1.54) is 0 Å². The Kier molecular flexibility index (Phi) is 4.53. The Hall–Kier alpha value is -2.02. The number of hydrogen-bond donors (Lipinski definition) is 1. The summed E-state index contributed by atoms with van der Waals surface area (Å²) in [6.45, 7) is 2.64. The van der Waals surface area contributed by atoms with Gasteiger partial charge in [-0.3, -0.25) is 4.79 Å². The Morgan fingerprint density at radius 2 is 2.24 bits per heavy atom. The quantitative estimate of drug-likeness (QED) is 0.845. The molecule has 0 aliphatic heterocycles. The zero-order valence-corrected chi connectivity index (χ0v) is 10.1. The van der Waals surface area contributed by atoms with Gasteiger partial charge in [0.05, 0.1) is 11.6 Å². The summed E-state index contributed by atoms with van der Waals surface area (Å²) in [5, 5.41) is 17.3. The summed E-state index contributed by atoms with van der Waals surface area (Å²) in [5.41, 5.74) is 2.71. The first-order chi connectivity index (χ1) is 8.04. The molecule has 0 aliphatic rings. The lowest BCUT2D eigenvalue weighted by atomic mass is 10.1. The zero-order chi connectivity index (χ0) is 12.8. The van der Waals surface area contributed by atoms with E-state index in [0.29, 0.717) is 18.5 Å². The van der Waals surface area contributed by atoms with Crippen LogP contribution in [-0.2, 0) is 4.79 Å². The van der Waals surface area contributed by atoms with E-state index in [2.05, 4.69) is 6.07 Å². The van der Waals surface area contributed by atoms with Gasteiger partial charge in [0.25, 0.3) is 0 Å². The molecule has 0 amide bonds. The van der Waals surface area contributed by atoms with E-state index < -0.39 is 5.97 Å². The standard InChI is InChI=1S/C13H16N2O2/c1-10-8-11(9-14)5-6-12(10)15(2)7-3-4-13(16)17/h5-6,8H,3-4,7H2,1-2H3,(H,16,17). The third kappa shape index (κ3) is 3.80. The number of carboxylic acid groups (broad SMARTS) is 1. The molecule has 0 unspecified atom stereocenters. The molecule has 0 saturated carbocycles. The number of carboxylic acids is 1. The molecule has 0 radical (unpaired) electrons. The summed E-state index contributed by atoms with van der Waals surface area (Å²) < 4.78 is 0. The fourth-order valence-electron chi connectivity index (χ4n) is 1.74. The summed E-state index contributed by atoms with van der Waals surface area (Å²) in [5.74, 6) is -0.769. The third-order valence-electron chi connectivity index (χ3n) is 2.62. The molecule has 90 valence electrons. The van der Waals surface area contributed by atoms with Gasteiger partial charge in [-0.1, -0.05) is 0 Å². The second-order valence-corrected chi connectivity index (χ2v) is 4.03. The second-order valence-electron chi connectivity index (χ2n) is 4.03. The van der Waals surface area contributed by atoms with Crippen LogP contribution in [0.5, 0.6) is 0 Å². The smallest absolute Gasteiger partial charge is 0.303 e. The highest BCUT2D eigenvalue weighted by atomic mass is 16.4. The van der Waals surface area contributed by atoms with Crippen LogP contribution >= 0.6 is 0 Å². The van der Waals surface area contributed by atoms with Crippen molar-refractivity contribution in [3.05, 3.63) is 29.3 Å². The second kappa shape index (κ2) is 5.90. The Morgan fingerprint density at radius 3 is 2.76 bits per heavy atom. The van der Waals surface area contributed by atoms with E-state index in [-0.39, 0.29) is 6.42 Å². The molecule has 4 heteroatoms. The largest absolute Gasteiger partial charge is 0.481 e. The fraction of sp³-hybridized carbons (Fsp3) is 0.385. The SMILES string of the molecule is Cc1cc(C#N)ccc1N(C)CCCC(=O)O. The lowest BCUT2D eigenvalue weighted by Gasteiger charge is -2.21. The highest BCUT2D eigenvalue weighted by Crippen LogP contribution is 2.20. The van der Waals surface area contributed by atoms with Crippen molar-refractivity contribution in [3.8, 4) is 6.07 Å². The lowest BCUT2D eigenvalue weighted by Crippen LogP contribution is -2.20. The number of nitriles is 1. The molecule has 0 bridgehead atoms. The molecule has 0 heterocycles. The molecular formula is C13H16N2O2. The molecule has 0 atom stereocenters. The number of aryl methyl sites for hydroxylation is 1. The molecule has 0 aromatic heterocycles. The van der Waals surface area contributed by atoms with E-state index in [1.807, 2.05) is 31.0 Å². The average Bonchev–Trinajstić information content (AvgIpc) is 2.28. The predicted molar refractivity (Wildman–Crippen MR) is 66.0 cm³/mol. The van der Waals surface area contributed by atoms with Gasteiger partial charge in [-0.05, 0) is 37.1 Å². The molecule has 0 saturated heterocycles. The molecular weight excluding hydrogens is 216 g/mol. The molecule has 0 spiro atoms. The number of rotatable bonds is 5. The number of carbonyl (C=O) groups is 1. The summed E-state index contributed by atoms with van der Waals surface area (Å²) in [4.78, 5) is 12.4. The lowest BCUT2D eigenvalue weighted by molar-refractivity contribution is -0.137. The molecule has 17 heavy (non-hydrogen) atoms. The first-order valence-corrected chi connectivity index (χ1v) is 5.48. The van der Waals surface area contributed by atoms with Gasteiger partial charge in [-0.25, -0.2) is 0 Å². The topological polar surface area (TPSA) is 64.3 Å². The number of hydrogen-bond acceptors (Lipinski definition) is 3. The number of benzene rings is 1. The maximum atomic E-state index is 10.4. The van der Waals surface area contributed by atoms with Gasteiger partial charge in [-0.2, -0.15) is 5.26 Å². The van der Waals surface area contributed by atoms with Crippen LogP contribution in [0, 0.1) is 18.3 Å². The van der Waals surface area contributed by atoms with Gasteiger partial charge in [-0.15, -0.1) is 0 Å². The summed E-state index contributed by atoms with van der Waals surface area (Å²) in [6.07, 6.45) is 0.797. The van der Waals surface area contributed by atoms with Crippen LogP contribution in [0.1, 0.15) is 24.0 Å². The zero-order valence-electron chi connectivity index (χ0n) is 10.1. The Morgan fingerprint density at radius 1 is 1.53 bits per heavy atom. The molecule has 1 N–H and O–H groups in total. The number of aliphatic carboxylic acids is 1. The van der Waals surface area contributed by atoms with Crippen LogP contribution in [0.3, 0.4) is 0 Å². The van der Waals surface area contributed by atoms with Crippen molar-refractivity contribution in [1.82, 2.24) is 0 Å². The Balaban J connectivity index is 2.66. The van der Waals surface area contributed by atoms with E-state index in [4.69, 9.17) is 10.4 Å². The van der Waals surface area contributed by atoms with Crippen molar-refractivity contribution in [1.29, 1.82) is 5.26 Å². The van der Waals surface area contributed by atoms with E-state index in [0.717, 1.165) is 11.3 Å². The summed E-state index contributed by atoms with van der Waals surface area (Å²) in [7, 11) is 1.93. The molecule has 0 fully saturated rings. The van der Waals surface area contributed by atoms with Gasteiger partial charge in [0.15, 0.2) is 0 Å². The van der Waals surface area contributed by atoms with E-state index in [9.17, 15) is 4.79 Å². The summed E-state index contributed by atoms with van der Waals surface area (Å²) >= 11 is 0. The summed E-state index contributed by atoms with van der Waals surface area (Å²) in [6, 6.07) is 7.60. The molecule has 0 aliphatic carbocycles. The molecule has 1 rings (SSSR count). The van der Waals surface area contributed by atoms with Gasteiger partial charge >= 0.3 is 5.97 Å². The average molecular weight is 232 g/mol. The molecule has 1 aromatic carbocycles. The van der Waals surface area contributed by atoms with E-state index >= 15 is 0 Å². The van der Waals surface area contributed by atoms with Crippen molar-refractivity contribution in [3.63, 3.8) is 0 Å². The number of nitrogens with zero attached hydrogens (tertiary/aromatic N) is 2. The normalized spacial score (nSPS) is 9.71. The van der Waals surface area contributed by atoms with Crippen molar-refractivity contribution in [2.24, 2.45) is 0 Å². The van der Waals surface area contributed by atoms with Gasteiger partial charge in [0.1, 0.15) is 0 Å². The first-order valence-electron chi connectivity index (χ1n) is 5.48. The minimum Gasteiger partial charge on any atom is -0.481 e. The highest BCUT2D eigenvalue weighted by Gasteiger charge is 2.06. The monoisotopic (exact) mass is 232 g/mol. The van der Waals surface area contributed by atoms with Crippen LogP contribution in [0.25, 0.3) is 0 Å². The molecule has 4 nitrogen and oxygen atoms in total. The van der Waals surface area contributed by atoms with Crippen molar-refractivity contribution >= 4 is 11.7 Å². The Labute approximate surface area is 101 Å². The minimum atomic E-state index is -0.769. The molecule has 1 aromatic rings. The number of anilines is 1. The van der Waals surface area contributed by atoms with Crippen molar-refractivity contribution in [2.45, 2.75) is 19.8 Å². The van der Waals surface area contributed by atoms with Gasteiger partial charge in [0, 0.05) is 25.7 Å². The first kappa shape index (κ1) is 13.0. The fourth-order valence-corrected chi connectivity index (χ4v) is 1.74. The minimum absolute atomic E-state index is 0.180. The van der Waals surface area contributed by atoms with Crippen molar-refractivity contribution < 1.29 is 9.90 Å². The van der Waals surface area contributed by atoms with Gasteiger partial charge < -0.3 is 10.0 Å². The third-order valence-corrected chi connectivity index (χ3v) is 2.62. The van der Waals surface area contributed by atoms with Crippen LogP contribution < -0.4 is 4.90 Å². The Bertz CT molecular complexity index is 449. The van der Waals surface area contributed by atoms with Crippen molar-refractivity contribution in [2.75, 3.05) is 18.5 Å². The highest BCUT2D eigenvalue weighted by molar-refractivity contribution is 5.66. The van der Waals surface area contributed by atoms with Gasteiger partial charge in [0.2, 0.25) is 0 Å².